The summed E-state index contributed by atoms with van der Waals surface area (Å²) in [6.07, 6.45) is 1.33. The highest BCUT2D eigenvalue weighted by Crippen LogP contribution is 2.39. The maximum atomic E-state index is 13.5. The molecular formula is C43H45F3N8O7S. The molecule has 1 unspecified atom stereocenters. The van der Waals surface area contributed by atoms with E-state index in [9.17, 15) is 37.1 Å². The van der Waals surface area contributed by atoms with E-state index in [0.29, 0.717) is 28.6 Å². The Hall–Kier alpha value is -5.66. The summed E-state index contributed by atoms with van der Waals surface area (Å²) in [5.41, 5.74) is 0.596. The van der Waals surface area contributed by atoms with Crippen molar-refractivity contribution >= 4 is 67.6 Å². The smallest absolute Gasteiger partial charge is 0.433 e. The number of likely N-dealkylation sites (tertiary alicyclic amines) is 1. The van der Waals surface area contributed by atoms with Gasteiger partial charge in [0.15, 0.2) is 5.13 Å². The number of halogens is 3. The summed E-state index contributed by atoms with van der Waals surface area (Å²) in [6.45, 7) is 4.68. The number of pyridine rings is 1. The number of hydrogen-bond donors (Lipinski definition) is 3. The number of fused-ring (bicyclic) bond motifs is 2. The van der Waals surface area contributed by atoms with Gasteiger partial charge in [0.1, 0.15) is 23.2 Å². The van der Waals surface area contributed by atoms with Gasteiger partial charge >= 0.3 is 6.18 Å². The molecule has 6 heterocycles. The number of carbonyl (C=O) groups is 5. The van der Waals surface area contributed by atoms with E-state index < -0.39 is 47.4 Å². The van der Waals surface area contributed by atoms with Crippen LogP contribution in [0.2, 0.25) is 0 Å². The lowest BCUT2D eigenvalue weighted by atomic mass is 9.88. The fourth-order valence-corrected chi connectivity index (χ4v) is 10.1. The predicted molar refractivity (Wildman–Crippen MR) is 222 cm³/mol. The average molecular weight is 875 g/mol. The monoisotopic (exact) mass is 874 g/mol. The molecule has 4 aliphatic heterocycles. The molecule has 5 amide bonds. The van der Waals surface area contributed by atoms with Crippen LogP contribution in [0.4, 0.5) is 29.7 Å². The van der Waals surface area contributed by atoms with Crippen LogP contribution in [0.5, 0.6) is 5.75 Å². The molecule has 0 spiro atoms. The van der Waals surface area contributed by atoms with Gasteiger partial charge in [-0.2, -0.15) is 13.2 Å². The summed E-state index contributed by atoms with van der Waals surface area (Å²) in [4.78, 5) is 77.8. The lowest BCUT2D eigenvalue weighted by Crippen LogP contribution is -2.54. The van der Waals surface area contributed by atoms with E-state index in [0.717, 1.165) is 98.1 Å². The lowest BCUT2D eigenvalue weighted by Gasteiger charge is -2.41. The standard InChI is InChI=1S/C43H45F3N8O7S/c1-60-33-20-31-34(21-30(33)49-38(56)29-6-3-7-35(48-29)43(44,45)46)62-42(50-31)53-16-10-23(11-17-53)22-52-14-12-25(13-15-52)61-26-18-24(19-26)47-28-5-2-4-27-37(28)41(59)54(40(27)58)32-8-9-36(55)51-39(32)57/h2-7,20-21,23-26,32,47H,8-19,22H2,1H3,(H,49,56)(H,51,55,57)/t24-,26-,32?. The van der Waals surface area contributed by atoms with Gasteiger partial charge in [0.2, 0.25) is 11.8 Å². The van der Waals surface area contributed by atoms with Crippen LogP contribution in [0, 0.1) is 5.92 Å². The van der Waals surface area contributed by atoms with Crippen molar-refractivity contribution in [1.29, 1.82) is 0 Å². The van der Waals surface area contributed by atoms with Crippen molar-refractivity contribution in [2.75, 3.05) is 55.4 Å². The third kappa shape index (κ3) is 8.44. The number of imide groups is 2. The highest BCUT2D eigenvalue weighted by molar-refractivity contribution is 7.22. The molecule has 326 valence electrons. The van der Waals surface area contributed by atoms with E-state index in [-0.39, 0.29) is 47.9 Å². The molecule has 1 aliphatic carbocycles. The maximum absolute atomic E-state index is 13.5. The Morgan fingerprint density at radius 1 is 0.903 bits per heavy atom. The van der Waals surface area contributed by atoms with E-state index in [1.807, 2.05) is 0 Å². The van der Waals surface area contributed by atoms with Crippen molar-refractivity contribution in [3.63, 3.8) is 0 Å². The minimum atomic E-state index is -4.67. The molecule has 4 aromatic rings. The molecule has 4 fully saturated rings. The number of nitrogens with one attached hydrogen (secondary N) is 3. The lowest BCUT2D eigenvalue weighted by molar-refractivity contribution is -0.141. The van der Waals surface area contributed by atoms with E-state index in [4.69, 9.17) is 14.5 Å². The zero-order chi connectivity index (χ0) is 43.3. The molecule has 62 heavy (non-hydrogen) atoms. The SMILES string of the molecule is COc1cc2nc(N3CCC(CN4CCC(O[C@H]5C[C@H](Nc6cccc7c6C(=O)N(C6CCC(=O)NC6=O)C7=O)C5)CC4)CC3)sc2cc1NC(=O)c1cccc(C(F)(F)F)n1. The quantitative estimate of drug-likeness (QED) is 0.157. The van der Waals surface area contributed by atoms with Crippen LogP contribution in [0.25, 0.3) is 10.2 Å². The third-order valence-electron chi connectivity index (χ3n) is 12.5. The molecular weight excluding hydrogens is 830 g/mol. The summed E-state index contributed by atoms with van der Waals surface area (Å²) in [6, 6.07) is 10.8. The Kier molecular flexibility index (Phi) is 11.4. The van der Waals surface area contributed by atoms with Gasteiger partial charge < -0.3 is 29.9 Å². The van der Waals surface area contributed by atoms with Gasteiger partial charge in [-0.15, -0.1) is 0 Å². The zero-order valence-corrected chi connectivity index (χ0v) is 34.7. The number of amides is 5. The van der Waals surface area contributed by atoms with Crippen molar-refractivity contribution in [3.05, 3.63) is 71.0 Å². The average Bonchev–Trinajstić information content (AvgIpc) is 3.77. The fraction of sp³-hybridized carbons (Fsp3) is 0.465. The van der Waals surface area contributed by atoms with Gasteiger partial charge in [-0.3, -0.25) is 34.2 Å². The molecule has 0 bridgehead atoms. The number of alkyl halides is 3. The molecule has 3 N–H and O–H groups in total. The highest BCUT2D eigenvalue weighted by atomic mass is 32.1. The van der Waals surface area contributed by atoms with Crippen molar-refractivity contribution in [1.82, 2.24) is 25.1 Å². The third-order valence-corrected chi connectivity index (χ3v) is 13.5. The fourth-order valence-electron chi connectivity index (χ4n) is 9.07. The van der Waals surface area contributed by atoms with E-state index in [1.54, 1.807) is 30.3 Å². The molecule has 1 saturated carbocycles. The van der Waals surface area contributed by atoms with Crippen LogP contribution in [0.3, 0.4) is 0 Å². The van der Waals surface area contributed by atoms with Crippen molar-refractivity contribution in [3.8, 4) is 5.75 Å². The summed E-state index contributed by atoms with van der Waals surface area (Å²) in [7, 11) is 1.45. The Labute approximate surface area is 358 Å². The van der Waals surface area contributed by atoms with Crippen LogP contribution < -0.4 is 25.6 Å². The maximum Gasteiger partial charge on any atom is 0.433 e. The van der Waals surface area contributed by atoms with Gasteiger partial charge in [0.25, 0.3) is 17.7 Å². The number of piperidine rings is 3. The Balaban J connectivity index is 0.713. The molecule has 15 nitrogen and oxygen atoms in total. The molecule has 19 heteroatoms. The molecule has 1 atom stereocenters. The van der Waals surface area contributed by atoms with Crippen LogP contribution in [-0.2, 0) is 20.5 Å². The minimum absolute atomic E-state index is 0.0687. The topological polar surface area (TPSA) is 175 Å². The van der Waals surface area contributed by atoms with Crippen molar-refractivity contribution in [2.45, 2.75) is 81.8 Å². The molecule has 2 aromatic heterocycles. The number of carbonyl (C=O) groups excluding carboxylic acids is 5. The Morgan fingerprint density at radius 3 is 2.39 bits per heavy atom. The van der Waals surface area contributed by atoms with Crippen molar-refractivity contribution < 1.29 is 46.6 Å². The number of aromatic nitrogens is 2. The van der Waals surface area contributed by atoms with Gasteiger partial charge in [-0.05, 0) is 81.2 Å². The highest BCUT2D eigenvalue weighted by Gasteiger charge is 2.46. The first-order valence-corrected chi connectivity index (χ1v) is 21.7. The van der Waals surface area contributed by atoms with Crippen LogP contribution in [0.1, 0.15) is 88.3 Å². The molecule has 0 radical (unpaired) electrons. The number of thiazole rings is 1. The summed E-state index contributed by atoms with van der Waals surface area (Å²) in [5, 5.41) is 9.19. The van der Waals surface area contributed by atoms with E-state index in [2.05, 4.69) is 30.7 Å². The molecule has 3 saturated heterocycles. The second kappa shape index (κ2) is 16.9. The van der Waals surface area contributed by atoms with Gasteiger partial charge in [0, 0.05) is 56.9 Å². The van der Waals surface area contributed by atoms with Crippen LogP contribution in [-0.4, -0.2) is 113 Å². The molecule has 2 aromatic carbocycles. The second-order valence-electron chi connectivity index (χ2n) is 16.6. The Morgan fingerprint density at radius 2 is 1.66 bits per heavy atom. The van der Waals surface area contributed by atoms with Gasteiger partial charge in [-0.1, -0.05) is 23.5 Å². The number of benzene rings is 2. The van der Waals surface area contributed by atoms with Crippen molar-refractivity contribution in [2.24, 2.45) is 5.92 Å². The first-order valence-electron chi connectivity index (χ1n) is 20.9. The summed E-state index contributed by atoms with van der Waals surface area (Å²) in [5.74, 6) is -1.98. The van der Waals surface area contributed by atoms with E-state index in [1.165, 1.54) is 24.5 Å². The number of nitrogens with zero attached hydrogens (tertiary/aromatic N) is 5. The number of anilines is 3. The number of ether oxygens (including phenoxy) is 2. The predicted octanol–water partition coefficient (Wildman–Crippen LogP) is 5.71. The number of hydrogen-bond acceptors (Lipinski definition) is 13. The normalized spacial score (nSPS) is 22.7. The summed E-state index contributed by atoms with van der Waals surface area (Å²) < 4.78 is 52.3. The molecule has 5 aliphatic rings. The van der Waals surface area contributed by atoms with Gasteiger partial charge in [0.05, 0.1) is 46.3 Å². The van der Waals surface area contributed by atoms with Crippen LogP contribution in [0.15, 0.2) is 48.5 Å². The first kappa shape index (κ1) is 41.7. The second-order valence-corrected chi connectivity index (χ2v) is 17.6. The van der Waals surface area contributed by atoms with Crippen LogP contribution >= 0.6 is 11.3 Å². The molecule has 9 rings (SSSR count). The summed E-state index contributed by atoms with van der Waals surface area (Å²) >= 11 is 1.49. The number of rotatable bonds is 11. The Bertz CT molecular complexity index is 2430. The first-order chi connectivity index (χ1) is 29.8. The number of methoxy groups -OCH3 is 1. The zero-order valence-electron chi connectivity index (χ0n) is 33.8. The van der Waals surface area contributed by atoms with E-state index >= 15 is 0 Å². The van der Waals surface area contributed by atoms with Gasteiger partial charge in [-0.25, -0.2) is 9.97 Å². The largest absolute Gasteiger partial charge is 0.494 e. The minimum Gasteiger partial charge on any atom is -0.494 e.